The zero-order valence-corrected chi connectivity index (χ0v) is 16.4. The second-order valence-electron chi connectivity index (χ2n) is 6.66. The van der Waals surface area contributed by atoms with Crippen LogP contribution in [-0.4, -0.2) is 31.3 Å². The number of aromatic nitrogens is 1. The van der Waals surface area contributed by atoms with Gasteiger partial charge in [-0.25, -0.2) is 0 Å². The molecule has 148 valence electrons. The first kappa shape index (κ1) is 19.7. The second-order valence-corrected chi connectivity index (χ2v) is 6.66. The summed E-state index contributed by atoms with van der Waals surface area (Å²) in [5.74, 6) is 0.938. The summed E-state index contributed by atoms with van der Waals surface area (Å²) < 4.78 is 10.6. The Balaban J connectivity index is 1.56. The summed E-state index contributed by atoms with van der Waals surface area (Å²) in [4.78, 5) is 27.6. The van der Waals surface area contributed by atoms with Crippen molar-refractivity contribution in [3.63, 3.8) is 0 Å². The molecule has 0 fully saturated rings. The summed E-state index contributed by atoms with van der Waals surface area (Å²) in [5, 5.41) is 7.53. The Hall–Kier alpha value is -3.09. The Morgan fingerprint density at radius 2 is 2.04 bits per heavy atom. The summed E-state index contributed by atoms with van der Waals surface area (Å²) in [6.45, 7) is 4.83. The summed E-state index contributed by atoms with van der Waals surface area (Å²) in [7, 11) is 1.65. The van der Waals surface area contributed by atoms with Gasteiger partial charge in [-0.15, -0.1) is 0 Å². The zero-order valence-electron chi connectivity index (χ0n) is 16.4. The minimum Gasteiger partial charge on any atom is -0.497 e. The highest BCUT2D eigenvalue weighted by molar-refractivity contribution is 5.91. The fourth-order valence-corrected chi connectivity index (χ4v) is 3.17. The Morgan fingerprint density at radius 1 is 1.21 bits per heavy atom. The van der Waals surface area contributed by atoms with Crippen LogP contribution < -0.4 is 31.0 Å². The average molecular weight is 383 g/mol. The number of benzene rings is 1. The van der Waals surface area contributed by atoms with Gasteiger partial charge in [-0.2, -0.15) is 0 Å². The van der Waals surface area contributed by atoms with Crippen molar-refractivity contribution in [2.75, 3.05) is 30.9 Å². The first-order valence-electron chi connectivity index (χ1n) is 9.44. The van der Waals surface area contributed by atoms with Crippen LogP contribution in [0.1, 0.15) is 26.7 Å². The van der Waals surface area contributed by atoms with Crippen LogP contribution >= 0.6 is 0 Å². The van der Waals surface area contributed by atoms with E-state index in [0.29, 0.717) is 18.8 Å². The summed E-state index contributed by atoms with van der Waals surface area (Å²) in [6, 6.07) is 8.01. The van der Waals surface area contributed by atoms with Crippen LogP contribution in [0, 0.1) is 0 Å². The van der Waals surface area contributed by atoms with Gasteiger partial charge in [0, 0.05) is 30.2 Å². The molecular formula is C21H25N3O4. The summed E-state index contributed by atoms with van der Waals surface area (Å²) >= 11 is 0. The van der Waals surface area contributed by atoms with Crippen LogP contribution in [0.3, 0.4) is 0 Å². The van der Waals surface area contributed by atoms with Gasteiger partial charge in [-0.1, -0.05) is 6.07 Å². The highest BCUT2D eigenvalue weighted by Crippen LogP contribution is 2.28. The molecule has 0 aliphatic heterocycles. The number of nitrogens with one attached hydrogen (secondary N) is 2. The van der Waals surface area contributed by atoms with Gasteiger partial charge in [0.15, 0.2) is 5.75 Å². The van der Waals surface area contributed by atoms with Crippen LogP contribution in [-0.2, 0) is 0 Å². The lowest BCUT2D eigenvalue weighted by Gasteiger charge is -2.18. The molecule has 0 aliphatic rings. The molecule has 0 saturated carbocycles. The largest absolute Gasteiger partial charge is 0.497 e. The molecule has 3 aromatic rings. The molecule has 1 heterocycles. The minimum atomic E-state index is -0.545. The number of rotatable bonds is 10. The van der Waals surface area contributed by atoms with Crippen molar-refractivity contribution < 1.29 is 9.47 Å². The standard InChI is InChI=1S/C21H25N3O4/c1-4-28-21-18(19(25)20(21)26)23-9-5-7-13(2)24-16-12-15(27-3)11-14-8-6-10-22-17(14)16/h6,8,10-13,23-24H,4-5,7,9H2,1-3H3. The van der Waals surface area contributed by atoms with Crippen molar-refractivity contribution in [2.24, 2.45) is 0 Å². The number of nitrogens with zero attached hydrogens (tertiary/aromatic N) is 1. The second kappa shape index (κ2) is 8.73. The topological polar surface area (TPSA) is 89.5 Å². The van der Waals surface area contributed by atoms with Crippen LogP contribution in [0.25, 0.3) is 10.9 Å². The molecule has 0 aliphatic carbocycles. The smallest absolute Gasteiger partial charge is 0.272 e. The Morgan fingerprint density at radius 3 is 2.79 bits per heavy atom. The van der Waals surface area contributed by atoms with Gasteiger partial charge in [0.25, 0.3) is 10.9 Å². The number of methoxy groups -OCH3 is 1. The SMILES string of the molecule is CCOc1c(NCCCC(C)Nc2cc(OC)cc3cccnc23)c(=O)c1=O. The zero-order chi connectivity index (χ0) is 20.1. The minimum absolute atomic E-state index is 0.160. The molecule has 2 aromatic carbocycles. The van der Waals surface area contributed by atoms with Crippen molar-refractivity contribution in [3.05, 3.63) is 50.9 Å². The molecular weight excluding hydrogens is 358 g/mol. The fraction of sp³-hybridized carbons (Fsp3) is 0.381. The quantitative estimate of drug-likeness (QED) is 0.411. The Kier molecular flexibility index (Phi) is 6.13. The monoisotopic (exact) mass is 383 g/mol. The summed E-state index contributed by atoms with van der Waals surface area (Å²) in [5.41, 5.74) is 1.09. The highest BCUT2D eigenvalue weighted by atomic mass is 16.5. The van der Waals surface area contributed by atoms with Gasteiger partial charge < -0.3 is 20.1 Å². The van der Waals surface area contributed by atoms with E-state index in [1.54, 1.807) is 20.2 Å². The van der Waals surface area contributed by atoms with E-state index in [1.165, 1.54) is 0 Å². The lowest BCUT2D eigenvalue weighted by Crippen LogP contribution is -2.36. The van der Waals surface area contributed by atoms with Crippen LogP contribution in [0.2, 0.25) is 0 Å². The molecule has 1 atom stereocenters. The normalized spacial score (nSPS) is 12.1. The number of anilines is 2. The maximum Gasteiger partial charge on any atom is 0.272 e. The van der Waals surface area contributed by atoms with E-state index in [9.17, 15) is 9.59 Å². The van der Waals surface area contributed by atoms with E-state index in [1.807, 2.05) is 24.3 Å². The van der Waals surface area contributed by atoms with E-state index in [4.69, 9.17) is 9.47 Å². The lowest BCUT2D eigenvalue weighted by atomic mass is 10.1. The Labute approximate surface area is 163 Å². The molecule has 1 unspecified atom stereocenters. The molecule has 0 saturated heterocycles. The molecule has 0 amide bonds. The predicted molar refractivity (Wildman–Crippen MR) is 112 cm³/mol. The molecule has 28 heavy (non-hydrogen) atoms. The van der Waals surface area contributed by atoms with E-state index in [2.05, 4.69) is 22.5 Å². The van der Waals surface area contributed by atoms with Crippen molar-refractivity contribution >= 4 is 22.3 Å². The van der Waals surface area contributed by atoms with Gasteiger partial charge in [-0.05, 0) is 38.8 Å². The van der Waals surface area contributed by atoms with Crippen molar-refractivity contribution in [3.8, 4) is 11.5 Å². The van der Waals surface area contributed by atoms with E-state index >= 15 is 0 Å². The molecule has 0 spiro atoms. The third-order valence-electron chi connectivity index (χ3n) is 4.59. The molecule has 7 heteroatoms. The molecule has 1 aromatic heterocycles. The van der Waals surface area contributed by atoms with Crippen molar-refractivity contribution in [1.29, 1.82) is 0 Å². The third kappa shape index (κ3) is 4.08. The Bertz CT molecular complexity index is 1020. The lowest BCUT2D eigenvalue weighted by molar-refractivity contribution is 0.334. The van der Waals surface area contributed by atoms with Crippen LogP contribution in [0.15, 0.2) is 40.1 Å². The van der Waals surface area contributed by atoms with Crippen LogP contribution in [0.5, 0.6) is 11.5 Å². The number of fused-ring (bicyclic) bond motifs is 1. The maximum atomic E-state index is 11.6. The van der Waals surface area contributed by atoms with Gasteiger partial charge in [0.1, 0.15) is 11.4 Å². The molecule has 7 nitrogen and oxygen atoms in total. The molecule has 0 bridgehead atoms. The van der Waals surface area contributed by atoms with Crippen LogP contribution in [0.4, 0.5) is 11.4 Å². The number of ether oxygens (including phenoxy) is 2. The predicted octanol–water partition coefficient (Wildman–Crippen LogP) is 2.93. The van der Waals surface area contributed by atoms with Crippen molar-refractivity contribution in [1.82, 2.24) is 4.98 Å². The fourth-order valence-electron chi connectivity index (χ4n) is 3.17. The number of pyridine rings is 1. The summed E-state index contributed by atoms with van der Waals surface area (Å²) in [6.07, 6.45) is 3.47. The van der Waals surface area contributed by atoms with Gasteiger partial charge in [0.2, 0.25) is 0 Å². The maximum absolute atomic E-state index is 11.6. The van der Waals surface area contributed by atoms with E-state index in [0.717, 1.165) is 35.2 Å². The van der Waals surface area contributed by atoms with Gasteiger partial charge >= 0.3 is 0 Å². The first-order valence-corrected chi connectivity index (χ1v) is 9.44. The molecule has 3 rings (SSSR count). The van der Waals surface area contributed by atoms with E-state index < -0.39 is 10.9 Å². The van der Waals surface area contributed by atoms with Gasteiger partial charge in [-0.3, -0.25) is 14.6 Å². The molecule has 0 radical (unpaired) electrons. The first-order chi connectivity index (χ1) is 13.5. The van der Waals surface area contributed by atoms with E-state index in [-0.39, 0.29) is 11.8 Å². The molecule has 2 N–H and O–H groups in total. The van der Waals surface area contributed by atoms with Crippen molar-refractivity contribution in [2.45, 2.75) is 32.7 Å². The average Bonchev–Trinajstić information content (AvgIpc) is 2.72. The van der Waals surface area contributed by atoms with Gasteiger partial charge in [0.05, 0.1) is 24.9 Å². The third-order valence-corrected chi connectivity index (χ3v) is 4.59. The number of hydrogen-bond donors (Lipinski definition) is 2. The number of hydrogen-bond acceptors (Lipinski definition) is 7. The highest BCUT2D eigenvalue weighted by Gasteiger charge is 2.21.